The Hall–Kier alpha value is -2.34. The van der Waals surface area contributed by atoms with Crippen LogP contribution >= 0.6 is 11.3 Å². The van der Waals surface area contributed by atoms with Crippen LogP contribution < -0.4 is 5.32 Å². The molecule has 4 rings (SSSR count). The number of thiophene rings is 1. The van der Waals surface area contributed by atoms with Crippen molar-refractivity contribution in [2.45, 2.75) is 25.8 Å². The fourth-order valence-corrected chi connectivity index (χ4v) is 4.18. The van der Waals surface area contributed by atoms with Crippen molar-refractivity contribution < 1.29 is 13.6 Å². The number of aryl methyl sites for hydroxylation is 2. The number of carbonyl (C=O) groups is 1. The molecule has 2 aromatic heterocycles. The van der Waals surface area contributed by atoms with Gasteiger partial charge < -0.3 is 5.32 Å². The van der Waals surface area contributed by atoms with Gasteiger partial charge in [-0.3, -0.25) is 4.79 Å². The summed E-state index contributed by atoms with van der Waals surface area (Å²) in [5, 5.41) is 4.32. The number of fused-ring (bicyclic) bond motifs is 2. The minimum Gasteiger partial charge on any atom is -0.362 e. The van der Waals surface area contributed by atoms with Gasteiger partial charge in [-0.25, -0.2) is 13.8 Å². The molecule has 0 radical (unpaired) electrons. The van der Waals surface area contributed by atoms with Crippen molar-refractivity contribution in [2.75, 3.05) is 5.32 Å². The van der Waals surface area contributed by atoms with E-state index in [1.807, 2.05) is 19.1 Å². The summed E-state index contributed by atoms with van der Waals surface area (Å²) in [5.41, 5.74) is 2.44. The zero-order chi connectivity index (χ0) is 16.8. The topological polar surface area (TPSA) is 42.0 Å². The Bertz CT molecular complexity index is 967. The van der Waals surface area contributed by atoms with Gasteiger partial charge in [0, 0.05) is 5.69 Å². The Balaban J connectivity index is 1.75. The number of halogens is 2. The largest absolute Gasteiger partial charge is 0.362 e. The molecule has 0 amide bonds. The standard InChI is InChI=1S/C18H14F2N2OS/c1-9-4-11-5-12(8-23)24-17(11)18(21-9)22-16-3-2-10-6-14(19)15(20)7-13(10)16/h4-8,16H,2-3H2,1H3,(H,21,22)/t16-/m1/s1. The molecule has 2 heterocycles. The summed E-state index contributed by atoms with van der Waals surface area (Å²) in [6.07, 6.45) is 2.28. The molecule has 122 valence electrons. The molecule has 1 aliphatic rings. The average molecular weight is 344 g/mol. The fourth-order valence-electron chi connectivity index (χ4n) is 3.27. The number of hydrogen-bond donors (Lipinski definition) is 1. The minimum absolute atomic E-state index is 0.116. The van der Waals surface area contributed by atoms with Gasteiger partial charge in [-0.15, -0.1) is 11.3 Å². The van der Waals surface area contributed by atoms with E-state index in [-0.39, 0.29) is 6.04 Å². The van der Waals surface area contributed by atoms with Crippen molar-refractivity contribution in [3.05, 3.63) is 57.6 Å². The lowest BCUT2D eigenvalue weighted by Gasteiger charge is -2.16. The smallest absolute Gasteiger partial charge is 0.160 e. The number of hydrogen-bond acceptors (Lipinski definition) is 4. The Morgan fingerprint density at radius 2 is 2.04 bits per heavy atom. The second kappa shape index (κ2) is 5.63. The third-order valence-electron chi connectivity index (χ3n) is 4.33. The van der Waals surface area contributed by atoms with Crippen LogP contribution in [0.2, 0.25) is 0 Å². The van der Waals surface area contributed by atoms with Gasteiger partial charge in [0.25, 0.3) is 0 Å². The number of aldehydes is 1. The van der Waals surface area contributed by atoms with E-state index in [2.05, 4.69) is 10.3 Å². The molecule has 6 heteroatoms. The van der Waals surface area contributed by atoms with Crippen molar-refractivity contribution in [3.8, 4) is 0 Å². The fraction of sp³-hybridized carbons (Fsp3) is 0.222. The van der Waals surface area contributed by atoms with Crippen LogP contribution in [0.4, 0.5) is 14.6 Å². The summed E-state index contributed by atoms with van der Waals surface area (Å²) in [4.78, 5) is 16.2. The van der Waals surface area contributed by atoms with Crippen molar-refractivity contribution in [1.29, 1.82) is 0 Å². The molecule has 3 nitrogen and oxygen atoms in total. The molecule has 1 aromatic carbocycles. The Morgan fingerprint density at radius 1 is 1.25 bits per heavy atom. The van der Waals surface area contributed by atoms with Crippen LogP contribution in [0.3, 0.4) is 0 Å². The number of carbonyl (C=O) groups excluding carboxylic acids is 1. The molecular weight excluding hydrogens is 330 g/mol. The molecule has 3 aromatic rings. The first-order chi connectivity index (χ1) is 11.5. The number of benzene rings is 1. The van der Waals surface area contributed by atoms with E-state index in [1.165, 1.54) is 23.5 Å². The SMILES string of the molecule is Cc1cc2cc(C=O)sc2c(N[C@@H]2CCc3cc(F)c(F)cc32)n1. The Morgan fingerprint density at radius 3 is 2.83 bits per heavy atom. The lowest BCUT2D eigenvalue weighted by Crippen LogP contribution is -2.09. The monoisotopic (exact) mass is 344 g/mol. The van der Waals surface area contributed by atoms with Gasteiger partial charge in [-0.05, 0) is 60.5 Å². The molecule has 1 aliphatic carbocycles. The normalized spacial score (nSPS) is 16.4. The van der Waals surface area contributed by atoms with Crippen LogP contribution in [0.15, 0.2) is 24.3 Å². The summed E-state index contributed by atoms with van der Waals surface area (Å²) in [6.45, 7) is 1.89. The Kier molecular flexibility index (Phi) is 3.57. The van der Waals surface area contributed by atoms with Crippen molar-refractivity contribution in [2.24, 2.45) is 0 Å². The number of anilines is 1. The maximum absolute atomic E-state index is 13.6. The van der Waals surface area contributed by atoms with Crippen LogP contribution in [-0.2, 0) is 6.42 Å². The van der Waals surface area contributed by atoms with Crippen LogP contribution in [-0.4, -0.2) is 11.3 Å². The zero-order valence-corrected chi connectivity index (χ0v) is 13.7. The van der Waals surface area contributed by atoms with Gasteiger partial charge in [0.05, 0.1) is 15.6 Å². The summed E-state index contributed by atoms with van der Waals surface area (Å²) < 4.78 is 27.9. The van der Waals surface area contributed by atoms with Crippen molar-refractivity contribution in [1.82, 2.24) is 4.98 Å². The minimum atomic E-state index is -0.829. The summed E-state index contributed by atoms with van der Waals surface area (Å²) >= 11 is 1.38. The van der Waals surface area contributed by atoms with Crippen LogP contribution in [0.25, 0.3) is 10.1 Å². The molecule has 24 heavy (non-hydrogen) atoms. The lowest BCUT2D eigenvalue weighted by atomic mass is 10.1. The van der Waals surface area contributed by atoms with E-state index in [9.17, 15) is 13.6 Å². The van der Waals surface area contributed by atoms with E-state index in [0.29, 0.717) is 17.1 Å². The van der Waals surface area contributed by atoms with Gasteiger partial charge >= 0.3 is 0 Å². The molecule has 0 fully saturated rings. The molecular formula is C18H14F2N2OS. The molecule has 0 saturated heterocycles. The molecule has 0 saturated carbocycles. The first-order valence-corrected chi connectivity index (χ1v) is 8.47. The summed E-state index contributed by atoms with van der Waals surface area (Å²) in [7, 11) is 0. The van der Waals surface area contributed by atoms with Crippen LogP contribution in [0, 0.1) is 18.6 Å². The van der Waals surface area contributed by atoms with Crippen molar-refractivity contribution in [3.63, 3.8) is 0 Å². The summed E-state index contributed by atoms with van der Waals surface area (Å²) in [6, 6.07) is 6.20. The van der Waals surface area contributed by atoms with E-state index in [1.54, 1.807) is 0 Å². The maximum Gasteiger partial charge on any atom is 0.160 e. The van der Waals surface area contributed by atoms with E-state index >= 15 is 0 Å². The number of aromatic nitrogens is 1. The zero-order valence-electron chi connectivity index (χ0n) is 12.9. The molecule has 1 N–H and O–H groups in total. The lowest BCUT2D eigenvalue weighted by molar-refractivity contribution is 0.112. The first kappa shape index (κ1) is 15.2. The highest BCUT2D eigenvalue weighted by molar-refractivity contribution is 7.21. The molecule has 0 spiro atoms. The van der Waals surface area contributed by atoms with E-state index in [0.717, 1.165) is 39.6 Å². The second-order valence-corrected chi connectivity index (χ2v) is 7.08. The average Bonchev–Trinajstić information content (AvgIpc) is 3.12. The van der Waals surface area contributed by atoms with E-state index in [4.69, 9.17) is 0 Å². The predicted octanol–water partition coefficient (Wildman–Crippen LogP) is 4.79. The highest BCUT2D eigenvalue weighted by atomic mass is 32.1. The molecule has 1 atom stereocenters. The maximum atomic E-state index is 13.6. The highest BCUT2D eigenvalue weighted by Crippen LogP contribution is 2.38. The molecule has 0 unspecified atom stereocenters. The third-order valence-corrected chi connectivity index (χ3v) is 5.42. The van der Waals surface area contributed by atoms with Gasteiger partial charge in [0.15, 0.2) is 17.9 Å². The predicted molar refractivity (Wildman–Crippen MR) is 90.8 cm³/mol. The molecule has 0 bridgehead atoms. The summed E-state index contributed by atoms with van der Waals surface area (Å²) in [5.74, 6) is -0.950. The van der Waals surface area contributed by atoms with Gasteiger partial charge in [-0.1, -0.05) is 0 Å². The van der Waals surface area contributed by atoms with Gasteiger partial charge in [-0.2, -0.15) is 0 Å². The number of pyridine rings is 1. The second-order valence-electron chi connectivity index (χ2n) is 6.00. The number of rotatable bonds is 3. The van der Waals surface area contributed by atoms with Crippen LogP contribution in [0.1, 0.15) is 39.0 Å². The third kappa shape index (κ3) is 2.47. The first-order valence-electron chi connectivity index (χ1n) is 7.66. The van der Waals surface area contributed by atoms with Gasteiger partial charge in [0.2, 0.25) is 0 Å². The van der Waals surface area contributed by atoms with E-state index < -0.39 is 11.6 Å². The van der Waals surface area contributed by atoms with Crippen molar-refractivity contribution >= 4 is 33.5 Å². The molecule has 0 aliphatic heterocycles. The highest BCUT2D eigenvalue weighted by Gasteiger charge is 2.25. The van der Waals surface area contributed by atoms with Gasteiger partial charge in [0.1, 0.15) is 5.82 Å². The van der Waals surface area contributed by atoms with Crippen LogP contribution in [0.5, 0.6) is 0 Å². The quantitative estimate of drug-likeness (QED) is 0.694. The number of nitrogens with one attached hydrogen (secondary N) is 1. The Labute approximate surface area is 141 Å². The number of nitrogens with zero attached hydrogens (tertiary/aromatic N) is 1.